The van der Waals surface area contributed by atoms with E-state index in [1.807, 2.05) is 6.92 Å². The first-order chi connectivity index (χ1) is 11.3. The molecular weight excluding hydrogens is 346 g/mol. The van der Waals surface area contributed by atoms with Gasteiger partial charge in [-0.25, -0.2) is 21.6 Å². The van der Waals surface area contributed by atoms with Crippen molar-refractivity contribution in [2.24, 2.45) is 0 Å². The van der Waals surface area contributed by atoms with Crippen molar-refractivity contribution >= 4 is 19.9 Å². The molecule has 2 aromatic rings. The van der Waals surface area contributed by atoms with Crippen LogP contribution in [0.4, 0.5) is 0 Å². The van der Waals surface area contributed by atoms with Gasteiger partial charge in [0, 0.05) is 0 Å². The molecule has 1 N–H and O–H groups in total. The SMILES string of the molecule is CCc1ccccc1S(=O)(=O)NC1CS(=O)(=O)Cc2ccccc21. The molecule has 24 heavy (non-hydrogen) atoms. The molecule has 2 aromatic carbocycles. The normalized spacial score (nSPS) is 19.6. The smallest absolute Gasteiger partial charge is 0.228 e. The molecule has 1 heterocycles. The van der Waals surface area contributed by atoms with Crippen LogP contribution in [-0.4, -0.2) is 22.6 Å². The second kappa shape index (κ2) is 6.31. The molecule has 0 aliphatic carbocycles. The minimum absolute atomic E-state index is 0.0487. The Morgan fingerprint density at radius 1 is 1.08 bits per heavy atom. The summed E-state index contributed by atoms with van der Waals surface area (Å²) in [4.78, 5) is 0.202. The predicted octanol–water partition coefficient (Wildman–Crippen LogP) is 2.20. The fourth-order valence-electron chi connectivity index (χ4n) is 3.05. The van der Waals surface area contributed by atoms with Gasteiger partial charge < -0.3 is 0 Å². The van der Waals surface area contributed by atoms with Crippen LogP contribution in [0.3, 0.4) is 0 Å². The van der Waals surface area contributed by atoms with Crippen LogP contribution in [0.2, 0.25) is 0 Å². The topological polar surface area (TPSA) is 80.3 Å². The molecule has 5 nitrogen and oxygen atoms in total. The highest BCUT2D eigenvalue weighted by atomic mass is 32.2. The predicted molar refractivity (Wildman–Crippen MR) is 92.8 cm³/mol. The minimum atomic E-state index is -3.81. The third-order valence-corrected chi connectivity index (χ3v) is 7.33. The molecule has 0 saturated carbocycles. The van der Waals surface area contributed by atoms with Crippen LogP contribution in [0.1, 0.15) is 29.7 Å². The van der Waals surface area contributed by atoms with Crippen molar-refractivity contribution < 1.29 is 16.8 Å². The second-order valence-electron chi connectivity index (χ2n) is 5.89. The molecule has 0 fully saturated rings. The monoisotopic (exact) mass is 365 g/mol. The Hall–Kier alpha value is -1.70. The van der Waals surface area contributed by atoms with Crippen molar-refractivity contribution in [3.63, 3.8) is 0 Å². The van der Waals surface area contributed by atoms with E-state index in [9.17, 15) is 16.8 Å². The summed E-state index contributed by atoms with van der Waals surface area (Å²) in [6, 6.07) is 13.1. The third-order valence-electron chi connectivity index (χ3n) is 4.17. The van der Waals surface area contributed by atoms with Gasteiger partial charge in [-0.1, -0.05) is 49.4 Å². The zero-order valence-electron chi connectivity index (χ0n) is 13.3. The number of hydrogen-bond donors (Lipinski definition) is 1. The molecule has 7 heteroatoms. The molecule has 1 aliphatic rings. The summed E-state index contributed by atoms with van der Waals surface area (Å²) >= 11 is 0. The number of rotatable bonds is 4. The highest BCUT2D eigenvalue weighted by Crippen LogP contribution is 2.30. The minimum Gasteiger partial charge on any atom is -0.228 e. The van der Waals surface area contributed by atoms with Gasteiger partial charge in [0.05, 0.1) is 22.4 Å². The lowest BCUT2D eigenvalue weighted by molar-refractivity contribution is 0.552. The van der Waals surface area contributed by atoms with Crippen molar-refractivity contribution in [3.8, 4) is 0 Å². The average Bonchev–Trinajstić information content (AvgIpc) is 2.53. The first-order valence-electron chi connectivity index (χ1n) is 7.71. The number of sulfonamides is 1. The van der Waals surface area contributed by atoms with Gasteiger partial charge in [-0.3, -0.25) is 0 Å². The summed E-state index contributed by atoms with van der Waals surface area (Å²) < 4.78 is 52.4. The van der Waals surface area contributed by atoms with E-state index in [1.165, 1.54) is 0 Å². The molecule has 0 radical (unpaired) electrons. The highest BCUT2D eigenvalue weighted by molar-refractivity contribution is 7.91. The lowest BCUT2D eigenvalue weighted by atomic mass is 10.0. The molecule has 0 amide bonds. The summed E-state index contributed by atoms with van der Waals surface area (Å²) in [6.45, 7) is 1.88. The van der Waals surface area contributed by atoms with E-state index in [4.69, 9.17) is 0 Å². The van der Waals surface area contributed by atoms with Gasteiger partial charge >= 0.3 is 0 Å². The zero-order chi connectivity index (χ0) is 17.4. The van der Waals surface area contributed by atoms with Crippen molar-refractivity contribution in [1.82, 2.24) is 4.72 Å². The van der Waals surface area contributed by atoms with Crippen molar-refractivity contribution in [2.75, 3.05) is 5.75 Å². The molecule has 1 aliphatic heterocycles. The Kier molecular flexibility index (Phi) is 4.50. The second-order valence-corrected chi connectivity index (χ2v) is 9.68. The summed E-state index contributed by atoms with van der Waals surface area (Å²) in [5.74, 6) is -0.273. The summed E-state index contributed by atoms with van der Waals surface area (Å²) in [6.07, 6.45) is 0.580. The Labute approximate surface area is 142 Å². The Bertz CT molecular complexity index is 966. The Morgan fingerprint density at radius 2 is 1.75 bits per heavy atom. The van der Waals surface area contributed by atoms with Crippen molar-refractivity contribution in [1.29, 1.82) is 0 Å². The summed E-state index contributed by atoms with van der Waals surface area (Å²) in [7, 11) is -7.15. The molecule has 0 saturated heterocycles. The van der Waals surface area contributed by atoms with Crippen LogP contribution in [0, 0.1) is 0 Å². The molecular formula is C17H19NO4S2. The summed E-state index contributed by atoms with van der Waals surface area (Å²) in [5, 5.41) is 0. The van der Waals surface area contributed by atoms with Crippen molar-refractivity contribution in [2.45, 2.75) is 30.0 Å². The van der Waals surface area contributed by atoms with Gasteiger partial charge in [0.15, 0.2) is 9.84 Å². The van der Waals surface area contributed by atoms with Crippen LogP contribution in [-0.2, 0) is 32.0 Å². The van der Waals surface area contributed by atoms with Gasteiger partial charge in [-0.05, 0) is 29.2 Å². The molecule has 0 aromatic heterocycles. The van der Waals surface area contributed by atoms with Gasteiger partial charge in [0.1, 0.15) is 0 Å². The van der Waals surface area contributed by atoms with Crippen molar-refractivity contribution in [3.05, 3.63) is 65.2 Å². The largest absolute Gasteiger partial charge is 0.241 e. The number of benzene rings is 2. The number of hydrogen-bond acceptors (Lipinski definition) is 4. The van der Waals surface area contributed by atoms with E-state index in [0.29, 0.717) is 17.5 Å². The van der Waals surface area contributed by atoms with Gasteiger partial charge in [0.2, 0.25) is 10.0 Å². The highest BCUT2D eigenvalue weighted by Gasteiger charge is 2.33. The van der Waals surface area contributed by atoms with E-state index in [0.717, 1.165) is 5.56 Å². The molecule has 0 spiro atoms. The number of sulfone groups is 1. The first kappa shape index (κ1) is 17.1. The maximum absolute atomic E-state index is 12.8. The molecule has 1 unspecified atom stereocenters. The third kappa shape index (κ3) is 3.38. The van der Waals surface area contributed by atoms with E-state index in [1.54, 1.807) is 48.5 Å². The fraction of sp³-hybridized carbons (Fsp3) is 0.294. The van der Waals surface area contributed by atoms with Gasteiger partial charge in [0.25, 0.3) is 0 Å². The molecule has 1 atom stereocenters. The Balaban J connectivity index is 2.01. The fourth-order valence-corrected chi connectivity index (χ4v) is 6.31. The standard InChI is InChI=1S/C17H19NO4S2/c1-2-13-7-4-6-10-17(13)24(21,22)18-16-12-23(19,20)11-14-8-3-5-9-15(14)16/h3-10,16,18H,2,11-12H2,1H3. The quantitative estimate of drug-likeness (QED) is 0.901. The van der Waals surface area contributed by atoms with E-state index in [2.05, 4.69) is 4.72 Å². The van der Waals surface area contributed by atoms with Gasteiger partial charge in [-0.2, -0.15) is 0 Å². The maximum Gasteiger partial charge on any atom is 0.241 e. The van der Waals surface area contributed by atoms with Gasteiger partial charge in [-0.15, -0.1) is 0 Å². The van der Waals surface area contributed by atoms with E-state index >= 15 is 0 Å². The van der Waals surface area contributed by atoms with Crippen LogP contribution >= 0.6 is 0 Å². The maximum atomic E-state index is 12.8. The first-order valence-corrected chi connectivity index (χ1v) is 11.0. The van der Waals surface area contributed by atoms with E-state index in [-0.39, 0.29) is 16.4 Å². The zero-order valence-corrected chi connectivity index (χ0v) is 14.9. The summed E-state index contributed by atoms with van der Waals surface area (Å²) in [5.41, 5.74) is 2.09. The average molecular weight is 365 g/mol. The van der Waals surface area contributed by atoms with Crippen LogP contribution in [0.25, 0.3) is 0 Å². The number of fused-ring (bicyclic) bond motifs is 1. The number of aryl methyl sites for hydroxylation is 1. The lowest BCUT2D eigenvalue weighted by Gasteiger charge is -2.26. The molecule has 128 valence electrons. The number of nitrogens with one attached hydrogen (secondary N) is 1. The molecule has 0 bridgehead atoms. The van der Waals surface area contributed by atoms with Crippen LogP contribution < -0.4 is 4.72 Å². The van der Waals surface area contributed by atoms with Crippen LogP contribution in [0.5, 0.6) is 0 Å². The lowest BCUT2D eigenvalue weighted by Crippen LogP contribution is -2.37. The Morgan fingerprint density at radius 3 is 2.50 bits per heavy atom. The van der Waals surface area contributed by atoms with Crippen LogP contribution in [0.15, 0.2) is 53.4 Å². The van der Waals surface area contributed by atoms with E-state index < -0.39 is 25.9 Å². The molecule has 3 rings (SSSR count).